The van der Waals surface area contributed by atoms with Gasteiger partial charge in [0.2, 0.25) is 0 Å². The summed E-state index contributed by atoms with van der Waals surface area (Å²) in [5.74, 6) is 0. The van der Waals surface area contributed by atoms with E-state index in [9.17, 15) is 0 Å². The minimum atomic E-state index is 0.572. The quantitative estimate of drug-likeness (QED) is 0.498. The average molecular weight is 227 g/mol. The van der Waals surface area contributed by atoms with Crippen LogP contribution in [0.1, 0.15) is 19.0 Å². The number of rotatable bonds is 3. The largest absolute Gasteiger partial charge is 0.411 e. The first-order valence-electron chi connectivity index (χ1n) is 5.45. The Morgan fingerprint density at radius 2 is 2.00 bits per heavy atom. The summed E-state index contributed by atoms with van der Waals surface area (Å²) in [5.41, 5.74) is 2.83. The molecule has 0 fully saturated rings. The highest BCUT2D eigenvalue weighted by Gasteiger charge is 2.06. The van der Waals surface area contributed by atoms with Gasteiger partial charge in [0.15, 0.2) is 0 Å². The predicted octanol–water partition coefficient (Wildman–Crippen LogP) is 2.73. The van der Waals surface area contributed by atoms with Crippen molar-refractivity contribution in [3.63, 3.8) is 0 Å². The lowest BCUT2D eigenvalue weighted by Gasteiger charge is -2.04. The molecule has 2 heterocycles. The van der Waals surface area contributed by atoms with Crippen molar-refractivity contribution < 1.29 is 5.21 Å². The summed E-state index contributed by atoms with van der Waals surface area (Å²) in [7, 11) is 0. The van der Waals surface area contributed by atoms with Gasteiger partial charge in [-0.1, -0.05) is 24.2 Å². The van der Waals surface area contributed by atoms with Crippen LogP contribution in [0.2, 0.25) is 0 Å². The molecule has 0 aliphatic rings. The Kier molecular flexibility index (Phi) is 3.45. The van der Waals surface area contributed by atoms with Crippen LogP contribution in [0, 0.1) is 0 Å². The summed E-state index contributed by atoms with van der Waals surface area (Å²) in [6.45, 7) is 1.92. The zero-order valence-electron chi connectivity index (χ0n) is 9.54. The number of hydrogen-bond acceptors (Lipinski definition) is 4. The Bertz CT molecular complexity index is 523. The highest BCUT2D eigenvalue weighted by atomic mass is 16.4. The van der Waals surface area contributed by atoms with Crippen LogP contribution in [-0.2, 0) is 0 Å². The third kappa shape index (κ3) is 2.47. The summed E-state index contributed by atoms with van der Waals surface area (Å²) in [4.78, 5) is 8.67. The Morgan fingerprint density at radius 1 is 1.18 bits per heavy atom. The van der Waals surface area contributed by atoms with E-state index in [2.05, 4.69) is 15.1 Å². The van der Waals surface area contributed by atoms with E-state index in [1.165, 1.54) is 0 Å². The highest BCUT2D eigenvalue weighted by Crippen LogP contribution is 2.14. The van der Waals surface area contributed by atoms with E-state index in [1.54, 1.807) is 6.20 Å². The molecular weight excluding hydrogens is 214 g/mol. The van der Waals surface area contributed by atoms with Crippen LogP contribution >= 0.6 is 0 Å². The van der Waals surface area contributed by atoms with E-state index in [0.717, 1.165) is 11.4 Å². The van der Waals surface area contributed by atoms with Gasteiger partial charge in [-0.15, -0.1) is 0 Å². The summed E-state index contributed by atoms with van der Waals surface area (Å²) in [5, 5.41) is 12.1. The first kappa shape index (κ1) is 11.3. The molecule has 17 heavy (non-hydrogen) atoms. The van der Waals surface area contributed by atoms with Gasteiger partial charge in [-0.2, -0.15) is 0 Å². The molecule has 4 nitrogen and oxygen atoms in total. The zero-order valence-corrected chi connectivity index (χ0v) is 9.54. The number of pyridine rings is 2. The van der Waals surface area contributed by atoms with Gasteiger partial charge >= 0.3 is 0 Å². The van der Waals surface area contributed by atoms with Crippen LogP contribution in [0.15, 0.2) is 47.8 Å². The van der Waals surface area contributed by atoms with Crippen LogP contribution < -0.4 is 0 Å². The Hall–Kier alpha value is -2.23. The van der Waals surface area contributed by atoms with Gasteiger partial charge in [0.1, 0.15) is 5.71 Å². The Labute approximate surface area is 99.7 Å². The molecule has 0 radical (unpaired) electrons. The first-order valence-corrected chi connectivity index (χ1v) is 5.45. The van der Waals surface area contributed by atoms with E-state index in [-0.39, 0.29) is 0 Å². The van der Waals surface area contributed by atoms with Gasteiger partial charge < -0.3 is 5.21 Å². The van der Waals surface area contributed by atoms with Crippen molar-refractivity contribution in [3.05, 3.63) is 48.3 Å². The van der Waals surface area contributed by atoms with Gasteiger partial charge in [0.25, 0.3) is 0 Å². The van der Waals surface area contributed by atoms with E-state index in [0.29, 0.717) is 17.8 Å². The fourth-order valence-corrected chi connectivity index (χ4v) is 1.56. The molecular formula is C13H13N3O. The van der Waals surface area contributed by atoms with Crippen LogP contribution in [0.4, 0.5) is 0 Å². The van der Waals surface area contributed by atoms with Crippen molar-refractivity contribution in [2.75, 3.05) is 0 Å². The fraction of sp³-hybridized carbons (Fsp3) is 0.154. The standard InChI is InChI=1S/C13H13N3O/c1-2-10(16-17)12-7-5-8-13(15-12)11-6-3-4-9-14-11/h3-9,17H,2H2,1H3/b16-10-. The minimum Gasteiger partial charge on any atom is -0.411 e. The van der Waals surface area contributed by atoms with Gasteiger partial charge in [-0.05, 0) is 30.7 Å². The van der Waals surface area contributed by atoms with Gasteiger partial charge in [0.05, 0.1) is 17.1 Å². The van der Waals surface area contributed by atoms with Crippen molar-refractivity contribution in [1.29, 1.82) is 0 Å². The molecule has 0 amide bonds. The molecule has 0 bridgehead atoms. The van der Waals surface area contributed by atoms with Gasteiger partial charge in [-0.25, -0.2) is 4.98 Å². The summed E-state index contributed by atoms with van der Waals surface area (Å²) in [6, 6.07) is 11.3. The third-order valence-corrected chi connectivity index (χ3v) is 2.43. The van der Waals surface area contributed by atoms with Crippen molar-refractivity contribution in [2.45, 2.75) is 13.3 Å². The molecule has 0 atom stereocenters. The molecule has 1 N–H and O–H groups in total. The maximum Gasteiger partial charge on any atom is 0.105 e. The van der Waals surface area contributed by atoms with E-state index in [4.69, 9.17) is 5.21 Å². The summed E-state index contributed by atoms with van der Waals surface area (Å²) >= 11 is 0. The molecule has 0 aliphatic heterocycles. The van der Waals surface area contributed by atoms with Crippen LogP contribution in [-0.4, -0.2) is 20.9 Å². The molecule has 2 rings (SSSR count). The van der Waals surface area contributed by atoms with Crippen LogP contribution in [0.25, 0.3) is 11.4 Å². The SMILES string of the molecule is CC/C(=N/O)c1cccc(-c2ccccn2)n1. The monoisotopic (exact) mass is 227 g/mol. The summed E-state index contributed by atoms with van der Waals surface area (Å²) in [6.07, 6.45) is 2.36. The van der Waals surface area contributed by atoms with Gasteiger partial charge in [-0.3, -0.25) is 4.98 Å². The van der Waals surface area contributed by atoms with Crippen molar-refractivity contribution in [3.8, 4) is 11.4 Å². The molecule has 2 aromatic heterocycles. The second-order valence-electron chi connectivity index (χ2n) is 3.52. The molecule has 0 unspecified atom stereocenters. The zero-order chi connectivity index (χ0) is 12.1. The van der Waals surface area contributed by atoms with Crippen molar-refractivity contribution in [2.24, 2.45) is 5.16 Å². The van der Waals surface area contributed by atoms with E-state index in [1.807, 2.05) is 43.3 Å². The number of oxime groups is 1. The highest BCUT2D eigenvalue weighted by molar-refractivity contribution is 5.98. The Morgan fingerprint density at radius 3 is 2.65 bits per heavy atom. The van der Waals surface area contributed by atoms with Crippen molar-refractivity contribution >= 4 is 5.71 Å². The lowest BCUT2D eigenvalue weighted by Crippen LogP contribution is -2.03. The topological polar surface area (TPSA) is 58.4 Å². The third-order valence-electron chi connectivity index (χ3n) is 2.43. The number of hydrogen-bond donors (Lipinski definition) is 1. The maximum absolute atomic E-state index is 8.87. The molecule has 4 heteroatoms. The average Bonchev–Trinajstić information content (AvgIpc) is 2.42. The lowest BCUT2D eigenvalue weighted by molar-refractivity contribution is 0.318. The van der Waals surface area contributed by atoms with Crippen molar-refractivity contribution in [1.82, 2.24) is 9.97 Å². The van der Waals surface area contributed by atoms with Gasteiger partial charge in [0, 0.05) is 6.20 Å². The molecule has 0 aromatic carbocycles. The Balaban J connectivity index is 2.42. The van der Waals surface area contributed by atoms with E-state index >= 15 is 0 Å². The minimum absolute atomic E-state index is 0.572. The molecule has 2 aromatic rings. The summed E-state index contributed by atoms with van der Waals surface area (Å²) < 4.78 is 0. The van der Waals surface area contributed by atoms with Crippen LogP contribution in [0.5, 0.6) is 0 Å². The maximum atomic E-state index is 8.87. The predicted molar refractivity (Wildman–Crippen MR) is 66.1 cm³/mol. The lowest BCUT2D eigenvalue weighted by atomic mass is 10.1. The molecule has 0 aliphatic carbocycles. The number of nitrogens with zero attached hydrogens (tertiary/aromatic N) is 3. The normalized spacial score (nSPS) is 11.5. The molecule has 86 valence electrons. The van der Waals surface area contributed by atoms with Crippen LogP contribution in [0.3, 0.4) is 0 Å². The first-order chi connectivity index (χ1) is 8.35. The second-order valence-corrected chi connectivity index (χ2v) is 3.52. The number of aromatic nitrogens is 2. The van der Waals surface area contributed by atoms with E-state index < -0.39 is 0 Å². The fourth-order valence-electron chi connectivity index (χ4n) is 1.56. The molecule has 0 spiro atoms. The smallest absolute Gasteiger partial charge is 0.105 e. The molecule has 0 saturated carbocycles. The molecule has 0 saturated heterocycles. The second kappa shape index (κ2) is 5.21.